The third kappa shape index (κ3) is 1.59. The zero-order valence-corrected chi connectivity index (χ0v) is 10.5. The molecule has 0 saturated heterocycles. The number of anilines is 1. The van der Waals surface area contributed by atoms with Crippen molar-refractivity contribution in [1.82, 2.24) is 9.97 Å². The van der Waals surface area contributed by atoms with Crippen LogP contribution in [-0.2, 0) is 0 Å². The number of benzene rings is 2. The molecule has 0 spiro atoms. The van der Waals surface area contributed by atoms with Gasteiger partial charge in [0.15, 0.2) is 11.6 Å². The van der Waals surface area contributed by atoms with Crippen LogP contribution in [0.1, 0.15) is 17.3 Å². The summed E-state index contributed by atoms with van der Waals surface area (Å²) in [5, 5.41) is 3.31. The van der Waals surface area contributed by atoms with Gasteiger partial charge >= 0.3 is 0 Å². The van der Waals surface area contributed by atoms with E-state index in [0.29, 0.717) is 11.0 Å². The van der Waals surface area contributed by atoms with Gasteiger partial charge in [-0.1, -0.05) is 18.2 Å². The zero-order chi connectivity index (χ0) is 13.7. The minimum Gasteiger partial charge on any atom is -0.384 e. The molecule has 1 aromatic heterocycles. The van der Waals surface area contributed by atoms with Gasteiger partial charge in [0.05, 0.1) is 17.0 Å². The average Bonchev–Trinajstić information content (AvgIpc) is 3.02. The second-order valence-electron chi connectivity index (χ2n) is 4.93. The molecule has 1 atom stereocenters. The molecular formula is C15H11F2N3. The van der Waals surface area contributed by atoms with Crippen molar-refractivity contribution >= 4 is 16.7 Å². The van der Waals surface area contributed by atoms with Crippen LogP contribution in [0.4, 0.5) is 14.5 Å². The van der Waals surface area contributed by atoms with Crippen molar-refractivity contribution in [3.8, 4) is 0 Å². The molecule has 1 aliphatic heterocycles. The van der Waals surface area contributed by atoms with Crippen LogP contribution < -0.4 is 5.32 Å². The third-order valence-electron chi connectivity index (χ3n) is 3.71. The Balaban J connectivity index is 1.84. The molecule has 0 saturated carbocycles. The minimum absolute atomic E-state index is 0.0738. The molecule has 2 heterocycles. The standard InChI is InChI=1S/C15H11F2N3/c16-10-5-13-14(6-11(10)17)20-15(19-13)9-7-18-12-4-2-1-3-8(9)12/h1-6,9,18H,7H2,(H,19,20). The summed E-state index contributed by atoms with van der Waals surface area (Å²) >= 11 is 0. The molecule has 100 valence electrons. The summed E-state index contributed by atoms with van der Waals surface area (Å²) in [6, 6.07) is 10.3. The van der Waals surface area contributed by atoms with E-state index in [-0.39, 0.29) is 5.92 Å². The number of para-hydroxylation sites is 1. The van der Waals surface area contributed by atoms with Gasteiger partial charge in [0.1, 0.15) is 5.82 Å². The largest absolute Gasteiger partial charge is 0.384 e. The van der Waals surface area contributed by atoms with Gasteiger partial charge < -0.3 is 10.3 Å². The van der Waals surface area contributed by atoms with Gasteiger partial charge in [0.2, 0.25) is 0 Å². The predicted molar refractivity (Wildman–Crippen MR) is 72.8 cm³/mol. The Labute approximate surface area is 113 Å². The van der Waals surface area contributed by atoms with Crippen LogP contribution in [0.3, 0.4) is 0 Å². The first-order chi connectivity index (χ1) is 9.72. The number of H-pyrrole nitrogens is 1. The summed E-state index contributed by atoms with van der Waals surface area (Å²) in [6.45, 7) is 0.726. The van der Waals surface area contributed by atoms with Crippen molar-refractivity contribution in [2.45, 2.75) is 5.92 Å². The van der Waals surface area contributed by atoms with E-state index in [1.165, 1.54) is 0 Å². The lowest BCUT2D eigenvalue weighted by molar-refractivity contribution is 0.510. The second kappa shape index (κ2) is 4.03. The van der Waals surface area contributed by atoms with E-state index in [9.17, 15) is 8.78 Å². The molecule has 1 unspecified atom stereocenters. The summed E-state index contributed by atoms with van der Waals surface area (Å²) in [4.78, 5) is 7.48. The van der Waals surface area contributed by atoms with Gasteiger partial charge in [-0.3, -0.25) is 0 Å². The SMILES string of the molecule is Fc1cc2nc(C3CNc4ccccc43)[nH]c2cc1F. The van der Waals surface area contributed by atoms with Gasteiger partial charge in [-0.2, -0.15) is 0 Å². The molecule has 0 amide bonds. The third-order valence-corrected chi connectivity index (χ3v) is 3.71. The van der Waals surface area contributed by atoms with Gasteiger partial charge in [0.25, 0.3) is 0 Å². The summed E-state index contributed by atoms with van der Waals surface area (Å²) in [5.41, 5.74) is 3.19. The number of nitrogens with zero attached hydrogens (tertiary/aromatic N) is 1. The van der Waals surface area contributed by atoms with E-state index in [0.717, 1.165) is 35.8 Å². The van der Waals surface area contributed by atoms with Crippen LogP contribution in [0.25, 0.3) is 11.0 Å². The lowest BCUT2D eigenvalue weighted by Gasteiger charge is -2.05. The van der Waals surface area contributed by atoms with E-state index in [4.69, 9.17) is 0 Å². The molecule has 0 bridgehead atoms. The molecule has 1 aliphatic rings. The van der Waals surface area contributed by atoms with Gasteiger partial charge in [0, 0.05) is 24.4 Å². The highest BCUT2D eigenvalue weighted by molar-refractivity contribution is 5.76. The molecule has 3 nitrogen and oxygen atoms in total. The zero-order valence-electron chi connectivity index (χ0n) is 10.5. The Kier molecular flexibility index (Phi) is 2.30. The minimum atomic E-state index is -0.875. The van der Waals surface area contributed by atoms with Crippen LogP contribution >= 0.6 is 0 Å². The van der Waals surface area contributed by atoms with E-state index >= 15 is 0 Å². The molecule has 20 heavy (non-hydrogen) atoms. The number of halogens is 2. The number of imidazole rings is 1. The maximum Gasteiger partial charge on any atom is 0.161 e. The topological polar surface area (TPSA) is 40.7 Å². The fourth-order valence-corrected chi connectivity index (χ4v) is 2.72. The Morgan fingerprint density at radius 2 is 1.90 bits per heavy atom. The molecule has 3 aromatic rings. The van der Waals surface area contributed by atoms with E-state index < -0.39 is 11.6 Å². The van der Waals surface area contributed by atoms with E-state index in [2.05, 4.69) is 15.3 Å². The lowest BCUT2D eigenvalue weighted by Crippen LogP contribution is -2.05. The Hall–Kier alpha value is -2.43. The van der Waals surface area contributed by atoms with Crippen molar-refractivity contribution in [3.05, 3.63) is 59.4 Å². The van der Waals surface area contributed by atoms with Crippen molar-refractivity contribution in [2.75, 3.05) is 11.9 Å². The number of aromatic nitrogens is 2. The lowest BCUT2D eigenvalue weighted by atomic mass is 10.0. The van der Waals surface area contributed by atoms with Crippen LogP contribution in [0.5, 0.6) is 0 Å². The first-order valence-corrected chi connectivity index (χ1v) is 6.40. The highest BCUT2D eigenvalue weighted by Crippen LogP contribution is 2.35. The number of rotatable bonds is 1. The van der Waals surface area contributed by atoms with Gasteiger partial charge in [-0.15, -0.1) is 0 Å². The van der Waals surface area contributed by atoms with Gasteiger partial charge in [-0.25, -0.2) is 13.8 Å². The van der Waals surface area contributed by atoms with Crippen molar-refractivity contribution in [1.29, 1.82) is 0 Å². The van der Waals surface area contributed by atoms with Crippen molar-refractivity contribution in [2.24, 2.45) is 0 Å². The van der Waals surface area contributed by atoms with Crippen molar-refractivity contribution in [3.63, 3.8) is 0 Å². The Bertz CT molecular complexity index is 771. The fourth-order valence-electron chi connectivity index (χ4n) is 2.72. The second-order valence-corrected chi connectivity index (χ2v) is 4.93. The monoisotopic (exact) mass is 271 g/mol. The number of fused-ring (bicyclic) bond motifs is 2. The molecule has 2 N–H and O–H groups in total. The van der Waals surface area contributed by atoms with Crippen LogP contribution in [-0.4, -0.2) is 16.5 Å². The number of aromatic amines is 1. The Morgan fingerprint density at radius 3 is 2.80 bits per heavy atom. The number of hydrogen-bond acceptors (Lipinski definition) is 2. The Morgan fingerprint density at radius 1 is 1.10 bits per heavy atom. The smallest absolute Gasteiger partial charge is 0.161 e. The predicted octanol–water partition coefficient (Wildman–Crippen LogP) is 3.40. The fraction of sp³-hybridized carbons (Fsp3) is 0.133. The highest BCUT2D eigenvalue weighted by Gasteiger charge is 2.26. The van der Waals surface area contributed by atoms with E-state index in [1.807, 2.05) is 24.3 Å². The maximum atomic E-state index is 13.2. The number of hydrogen-bond donors (Lipinski definition) is 2. The quantitative estimate of drug-likeness (QED) is 0.712. The number of nitrogens with one attached hydrogen (secondary N) is 2. The molecule has 4 rings (SSSR count). The normalized spacial score (nSPS) is 17.2. The van der Waals surface area contributed by atoms with Crippen LogP contribution in [0.15, 0.2) is 36.4 Å². The molecule has 0 radical (unpaired) electrons. The first kappa shape index (κ1) is 11.4. The average molecular weight is 271 g/mol. The van der Waals surface area contributed by atoms with Crippen LogP contribution in [0, 0.1) is 11.6 Å². The summed E-state index contributed by atoms with van der Waals surface area (Å²) in [6.07, 6.45) is 0. The molecule has 0 fully saturated rings. The molecule has 5 heteroatoms. The summed E-state index contributed by atoms with van der Waals surface area (Å²) in [7, 11) is 0. The maximum absolute atomic E-state index is 13.2. The summed E-state index contributed by atoms with van der Waals surface area (Å²) < 4.78 is 26.5. The van der Waals surface area contributed by atoms with Crippen molar-refractivity contribution < 1.29 is 8.78 Å². The van der Waals surface area contributed by atoms with E-state index in [1.54, 1.807) is 0 Å². The molecule has 0 aliphatic carbocycles. The summed E-state index contributed by atoms with van der Waals surface area (Å²) in [5.74, 6) is -0.940. The highest BCUT2D eigenvalue weighted by atomic mass is 19.2. The van der Waals surface area contributed by atoms with Crippen LogP contribution in [0.2, 0.25) is 0 Å². The van der Waals surface area contributed by atoms with Gasteiger partial charge in [-0.05, 0) is 11.6 Å². The molecule has 2 aromatic carbocycles. The molecular weight excluding hydrogens is 260 g/mol. The first-order valence-electron chi connectivity index (χ1n) is 6.40.